The SMILES string of the molecule is CC.CCSNC1CCc2c(-c3noc(-c4ccc(OC(C)C)c(C#N)c4)n3)cccc21.CO. The average molecular weight is 483 g/mol. The fourth-order valence-corrected chi connectivity index (χ4v) is 4.34. The smallest absolute Gasteiger partial charge is 0.258 e. The molecule has 1 aromatic heterocycles. The van der Waals surface area contributed by atoms with Gasteiger partial charge in [0.1, 0.15) is 11.8 Å². The van der Waals surface area contributed by atoms with E-state index in [4.69, 9.17) is 14.4 Å². The van der Waals surface area contributed by atoms with E-state index < -0.39 is 0 Å². The summed E-state index contributed by atoms with van der Waals surface area (Å²) in [5, 5.41) is 20.7. The number of aliphatic hydroxyl groups excluding tert-OH is 1. The number of benzene rings is 2. The maximum Gasteiger partial charge on any atom is 0.258 e. The van der Waals surface area contributed by atoms with E-state index >= 15 is 0 Å². The molecule has 1 aliphatic carbocycles. The summed E-state index contributed by atoms with van der Waals surface area (Å²) in [6.07, 6.45) is 2.04. The van der Waals surface area contributed by atoms with Gasteiger partial charge in [0.25, 0.3) is 5.89 Å². The van der Waals surface area contributed by atoms with Crippen LogP contribution in [-0.4, -0.2) is 34.2 Å². The highest BCUT2D eigenvalue weighted by Crippen LogP contribution is 2.38. The Hall–Kier alpha value is -2.86. The molecule has 8 heteroatoms. The number of aromatic nitrogens is 2. The zero-order chi connectivity index (χ0) is 25.1. The van der Waals surface area contributed by atoms with E-state index in [0.29, 0.717) is 34.6 Å². The summed E-state index contributed by atoms with van der Waals surface area (Å²) in [6, 6.07) is 14.1. The Balaban J connectivity index is 0.000000970. The van der Waals surface area contributed by atoms with Crippen molar-refractivity contribution < 1.29 is 14.4 Å². The average Bonchev–Trinajstić information content (AvgIpc) is 3.53. The van der Waals surface area contributed by atoms with E-state index in [1.54, 1.807) is 24.1 Å². The third kappa shape index (κ3) is 6.38. The van der Waals surface area contributed by atoms with Crippen molar-refractivity contribution >= 4 is 11.9 Å². The molecule has 1 unspecified atom stereocenters. The lowest BCUT2D eigenvalue weighted by Gasteiger charge is -2.12. The van der Waals surface area contributed by atoms with Crippen molar-refractivity contribution in [1.82, 2.24) is 14.9 Å². The molecule has 0 aliphatic heterocycles. The van der Waals surface area contributed by atoms with Crippen LogP contribution in [0.3, 0.4) is 0 Å². The van der Waals surface area contributed by atoms with Gasteiger partial charge >= 0.3 is 0 Å². The number of hydrogen-bond donors (Lipinski definition) is 2. The highest BCUT2D eigenvalue weighted by Gasteiger charge is 2.26. The Morgan fingerprint density at radius 1 is 1.26 bits per heavy atom. The summed E-state index contributed by atoms with van der Waals surface area (Å²) in [4.78, 5) is 4.63. The summed E-state index contributed by atoms with van der Waals surface area (Å²) < 4.78 is 14.8. The minimum absolute atomic E-state index is 0.00725. The number of nitriles is 1. The lowest BCUT2D eigenvalue weighted by atomic mass is 10.0. The summed E-state index contributed by atoms with van der Waals surface area (Å²) in [5.41, 5.74) is 4.74. The number of hydrogen-bond acceptors (Lipinski definition) is 8. The van der Waals surface area contributed by atoms with Crippen molar-refractivity contribution in [3.63, 3.8) is 0 Å². The van der Waals surface area contributed by atoms with Crippen molar-refractivity contribution in [2.24, 2.45) is 0 Å². The predicted octanol–water partition coefficient (Wildman–Crippen LogP) is 5.94. The fraction of sp³-hybridized carbons (Fsp3) is 0.423. The molecule has 1 aliphatic rings. The van der Waals surface area contributed by atoms with Gasteiger partial charge in [-0.05, 0) is 56.0 Å². The maximum atomic E-state index is 9.47. The molecule has 1 atom stereocenters. The molecule has 4 rings (SSSR count). The molecule has 0 spiro atoms. The summed E-state index contributed by atoms with van der Waals surface area (Å²) in [6.45, 7) is 10.0. The zero-order valence-electron chi connectivity index (χ0n) is 20.8. The van der Waals surface area contributed by atoms with Crippen LogP contribution in [0.1, 0.15) is 63.8 Å². The van der Waals surface area contributed by atoms with Crippen LogP contribution in [0.4, 0.5) is 0 Å². The Bertz CT molecular complexity index is 1090. The van der Waals surface area contributed by atoms with Crippen molar-refractivity contribution in [3.8, 4) is 34.7 Å². The molecule has 182 valence electrons. The number of ether oxygens (including phenoxy) is 1. The first-order chi connectivity index (χ1) is 16.6. The minimum Gasteiger partial charge on any atom is -0.490 e. The lowest BCUT2D eigenvalue weighted by molar-refractivity contribution is 0.241. The van der Waals surface area contributed by atoms with E-state index in [1.807, 2.05) is 45.9 Å². The second-order valence-corrected chi connectivity index (χ2v) is 8.53. The second kappa shape index (κ2) is 13.8. The van der Waals surface area contributed by atoms with Gasteiger partial charge in [-0.1, -0.05) is 56.1 Å². The first-order valence-electron chi connectivity index (χ1n) is 11.6. The molecule has 7 nitrogen and oxygen atoms in total. The van der Waals surface area contributed by atoms with Crippen molar-refractivity contribution in [2.75, 3.05) is 12.9 Å². The first-order valence-corrected chi connectivity index (χ1v) is 12.6. The molecular formula is C26H34N4O3S. The predicted molar refractivity (Wildman–Crippen MR) is 137 cm³/mol. The van der Waals surface area contributed by atoms with Crippen LogP contribution >= 0.6 is 11.9 Å². The highest BCUT2D eigenvalue weighted by atomic mass is 32.2. The topological polar surface area (TPSA) is 104 Å². The van der Waals surface area contributed by atoms with Gasteiger partial charge < -0.3 is 14.4 Å². The molecular weight excluding hydrogens is 448 g/mol. The van der Waals surface area contributed by atoms with Gasteiger partial charge in [0.05, 0.1) is 11.7 Å². The van der Waals surface area contributed by atoms with Crippen LogP contribution in [0.2, 0.25) is 0 Å². The van der Waals surface area contributed by atoms with Gasteiger partial charge in [0.15, 0.2) is 0 Å². The minimum atomic E-state index is -0.00725. The van der Waals surface area contributed by atoms with Crippen LogP contribution in [-0.2, 0) is 6.42 Å². The number of fused-ring (bicyclic) bond motifs is 1. The van der Waals surface area contributed by atoms with Crippen molar-refractivity contribution in [3.05, 3.63) is 53.1 Å². The van der Waals surface area contributed by atoms with Gasteiger partial charge in [-0.25, -0.2) is 0 Å². The Morgan fingerprint density at radius 2 is 2.03 bits per heavy atom. The fourth-order valence-electron chi connectivity index (χ4n) is 3.73. The molecule has 2 aromatic carbocycles. The van der Waals surface area contributed by atoms with Crippen molar-refractivity contribution in [1.29, 1.82) is 5.26 Å². The lowest BCUT2D eigenvalue weighted by Crippen LogP contribution is -2.11. The van der Waals surface area contributed by atoms with E-state index in [1.165, 1.54) is 11.1 Å². The Kier molecular flexibility index (Phi) is 11.1. The van der Waals surface area contributed by atoms with Gasteiger partial charge in [-0.15, -0.1) is 0 Å². The molecule has 0 fully saturated rings. The summed E-state index contributed by atoms with van der Waals surface area (Å²) in [5.74, 6) is 2.56. The standard InChI is InChI=1S/C23H24N4O2S.C2H6.CH4O/c1-4-30-27-20-10-9-17-18(20)6-5-7-19(17)22-25-23(29-26-22)15-8-11-21(28-14(2)3)16(12-15)13-24;2*1-2/h5-8,11-12,14,20,27H,4,9-10H2,1-3H3;1-2H3;2H,1H3. The Labute approximate surface area is 206 Å². The van der Waals surface area contributed by atoms with E-state index in [0.717, 1.165) is 31.3 Å². The monoisotopic (exact) mass is 482 g/mol. The molecule has 0 saturated carbocycles. The third-order valence-electron chi connectivity index (χ3n) is 5.02. The van der Waals surface area contributed by atoms with E-state index in [2.05, 4.69) is 33.9 Å². The molecule has 0 saturated heterocycles. The van der Waals surface area contributed by atoms with Gasteiger partial charge in [0, 0.05) is 30.0 Å². The molecule has 0 amide bonds. The van der Waals surface area contributed by atoms with E-state index in [-0.39, 0.29) is 6.10 Å². The molecule has 0 bridgehead atoms. The normalized spacial score (nSPS) is 13.8. The zero-order valence-corrected chi connectivity index (χ0v) is 21.6. The van der Waals surface area contributed by atoms with Crippen LogP contribution in [0.5, 0.6) is 5.75 Å². The number of nitrogens with zero attached hydrogens (tertiary/aromatic N) is 3. The summed E-state index contributed by atoms with van der Waals surface area (Å²) >= 11 is 1.74. The number of nitrogens with one attached hydrogen (secondary N) is 1. The first kappa shape index (κ1) is 27.4. The quantitative estimate of drug-likeness (QED) is 0.399. The summed E-state index contributed by atoms with van der Waals surface area (Å²) in [7, 11) is 1.00. The maximum absolute atomic E-state index is 9.47. The van der Waals surface area contributed by atoms with Gasteiger partial charge in [-0.3, -0.25) is 4.72 Å². The van der Waals surface area contributed by atoms with Crippen LogP contribution in [0, 0.1) is 11.3 Å². The third-order valence-corrected chi connectivity index (χ3v) is 5.76. The molecule has 3 aromatic rings. The van der Waals surface area contributed by atoms with Crippen LogP contribution < -0.4 is 9.46 Å². The van der Waals surface area contributed by atoms with Gasteiger partial charge in [-0.2, -0.15) is 10.2 Å². The van der Waals surface area contributed by atoms with Crippen LogP contribution in [0.15, 0.2) is 40.9 Å². The van der Waals surface area contributed by atoms with Gasteiger partial charge in [0.2, 0.25) is 5.82 Å². The second-order valence-electron chi connectivity index (χ2n) is 7.43. The number of aliphatic hydroxyl groups is 1. The van der Waals surface area contributed by atoms with E-state index in [9.17, 15) is 5.26 Å². The van der Waals surface area contributed by atoms with Crippen LogP contribution in [0.25, 0.3) is 22.8 Å². The Morgan fingerprint density at radius 3 is 2.71 bits per heavy atom. The molecule has 1 heterocycles. The molecule has 0 radical (unpaired) electrons. The largest absolute Gasteiger partial charge is 0.490 e. The molecule has 2 N–H and O–H groups in total. The highest BCUT2D eigenvalue weighted by molar-refractivity contribution is 7.97. The van der Waals surface area contributed by atoms with Crippen molar-refractivity contribution in [2.45, 2.75) is 59.6 Å². The molecule has 34 heavy (non-hydrogen) atoms. The number of rotatable bonds is 7.